The van der Waals surface area contributed by atoms with Crippen molar-refractivity contribution < 1.29 is 4.74 Å². The highest BCUT2D eigenvalue weighted by Crippen LogP contribution is 2.25. The lowest BCUT2D eigenvalue weighted by molar-refractivity contribution is 0.414. The minimum Gasteiger partial charge on any atom is -0.497 e. The summed E-state index contributed by atoms with van der Waals surface area (Å²) in [6.45, 7) is 2.76. The van der Waals surface area contributed by atoms with Crippen LogP contribution in [-0.4, -0.2) is 30.2 Å². The minimum atomic E-state index is 0.692. The Morgan fingerprint density at radius 1 is 1.00 bits per heavy atom. The van der Waals surface area contributed by atoms with Crippen LogP contribution in [0.2, 0.25) is 0 Å². The number of ether oxygens (including phenoxy) is 1. The Morgan fingerprint density at radius 3 is 2.69 bits per heavy atom. The van der Waals surface area contributed by atoms with Crippen molar-refractivity contribution in [2.24, 2.45) is 0 Å². The first-order valence-electron chi connectivity index (χ1n) is 9.22. The molecule has 26 heavy (non-hydrogen) atoms. The third-order valence-electron chi connectivity index (χ3n) is 4.82. The normalized spacial score (nSPS) is 14.4. The summed E-state index contributed by atoms with van der Waals surface area (Å²) in [5, 5.41) is 4.55. The van der Waals surface area contributed by atoms with Crippen LogP contribution in [0, 0.1) is 0 Å². The highest BCUT2D eigenvalue weighted by molar-refractivity contribution is 5.90. The first-order valence-corrected chi connectivity index (χ1v) is 9.22. The van der Waals surface area contributed by atoms with Gasteiger partial charge in [0.05, 0.1) is 12.6 Å². The lowest BCUT2D eigenvalue weighted by Crippen LogP contribution is -2.31. The van der Waals surface area contributed by atoms with Crippen LogP contribution in [0.5, 0.6) is 5.75 Å². The van der Waals surface area contributed by atoms with Gasteiger partial charge >= 0.3 is 0 Å². The second-order valence-electron chi connectivity index (χ2n) is 6.64. The number of aromatic nitrogens is 2. The van der Waals surface area contributed by atoms with E-state index in [2.05, 4.69) is 28.4 Å². The molecular formula is C21H24N4O. The van der Waals surface area contributed by atoms with Gasteiger partial charge in [-0.25, -0.2) is 4.98 Å². The van der Waals surface area contributed by atoms with Gasteiger partial charge < -0.3 is 15.0 Å². The van der Waals surface area contributed by atoms with Gasteiger partial charge in [-0.2, -0.15) is 4.98 Å². The zero-order valence-corrected chi connectivity index (χ0v) is 15.1. The number of piperidine rings is 1. The molecule has 0 aliphatic carbocycles. The van der Waals surface area contributed by atoms with Gasteiger partial charge in [0.25, 0.3) is 0 Å². The molecule has 134 valence electrons. The lowest BCUT2D eigenvalue weighted by Gasteiger charge is -2.27. The van der Waals surface area contributed by atoms with Crippen molar-refractivity contribution in [2.45, 2.75) is 25.8 Å². The summed E-state index contributed by atoms with van der Waals surface area (Å²) in [5.41, 5.74) is 2.14. The van der Waals surface area contributed by atoms with Crippen LogP contribution in [0.1, 0.15) is 24.8 Å². The zero-order chi connectivity index (χ0) is 17.8. The maximum Gasteiger partial charge on any atom is 0.227 e. The molecule has 1 fully saturated rings. The van der Waals surface area contributed by atoms with Gasteiger partial charge in [0, 0.05) is 25.0 Å². The fourth-order valence-electron chi connectivity index (χ4n) is 3.40. The Labute approximate surface area is 154 Å². The smallest absolute Gasteiger partial charge is 0.227 e. The largest absolute Gasteiger partial charge is 0.497 e. The van der Waals surface area contributed by atoms with Crippen molar-refractivity contribution in [3.8, 4) is 5.75 Å². The fourth-order valence-corrected chi connectivity index (χ4v) is 3.40. The number of nitrogens with one attached hydrogen (secondary N) is 1. The molecule has 2 heterocycles. The van der Waals surface area contributed by atoms with Gasteiger partial charge in [-0.1, -0.05) is 24.3 Å². The summed E-state index contributed by atoms with van der Waals surface area (Å²) < 4.78 is 5.32. The predicted molar refractivity (Wildman–Crippen MR) is 106 cm³/mol. The number of benzene rings is 2. The quantitative estimate of drug-likeness (QED) is 0.747. The van der Waals surface area contributed by atoms with E-state index in [0.29, 0.717) is 6.54 Å². The molecule has 0 radical (unpaired) electrons. The molecule has 1 aliphatic heterocycles. The number of hydrogen-bond acceptors (Lipinski definition) is 5. The number of nitrogens with zero attached hydrogens (tertiary/aromatic N) is 3. The van der Waals surface area contributed by atoms with E-state index in [4.69, 9.17) is 14.7 Å². The van der Waals surface area contributed by atoms with E-state index in [1.54, 1.807) is 7.11 Å². The number of rotatable bonds is 5. The van der Waals surface area contributed by atoms with Crippen molar-refractivity contribution in [1.82, 2.24) is 9.97 Å². The van der Waals surface area contributed by atoms with Crippen LogP contribution in [-0.2, 0) is 6.54 Å². The highest BCUT2D eigenvalue weighted by atomic mass is 16.5. The SMILES string of the molecule is COc1cccc(CNc2nc(N3CCCCC3)nc3ccccc23)c1. The van der Waals surface area contributed by atoms with E-state index in [-0.39, 0.29) is 0 Å². The predicted octanol–water partition coefficient (Wildman–Crippen LogP) is 4.24. The monoisotopic (exact) mass is 348 g/mol. The summed E-state index contributed by atoms with van der Waals surface area (Å²) in [4.78, 5) is 11.9. The average Bonchev–Trinajstić information content (AvgIpc) is 2.72. The van der Waals surface area contributed by atoms with E-state index < -0.39 is 0 Å². The van der Waals surface area contributed by atoms with Crippen LogP contribution in [0.25, 0.3) is 10.9 Å². The molecule has 1 aliphatic rings. The van der Waals surface area contributed by atoms with E-state index in [1.807, 2.05) is 30.3 Å². The van der Waals surface area contributed by atoms with E-state index in [9.17, 15) is 0 Å². The van der Waals surface area contributed by atoms with Crippen molar-refractivity contribution in [1.29, 1.82) is 0 Å². The summed E-state index contributed by atoms with van der Waals surface area (Å²) in [7, 11) is 1.69. The van der Waals surface area contributed by atoms with Crippen molar-refractivity contribution in [3.05, 3.63) is 54.1 Å². The molecule has 0 amide bonds. The van der Waals surface area contributed by atoms with Gasteiger partial charge in [0.15, 0.2) is 0 Å². The van der Waals surface area contributed by atoms with Crippen LogP contribution < -0.4 is 15.0 Å². The third kappa shape index (κ3) is 3.57. The Morgan fingerprint density at radius 2 is 1.85 bits per heavy atom. The first kappa shape index (κ1) is 16.6. The Hall–Kier alpha value is -2.82. The number of hydrogen-bond donors (Lipinski definition) is 1. The van der Waals surface area contributed by atoms with Gasteiger partial charge in [0.1, 0.15) is 11.6 Å². The minimum absolute atomic E-state index is 0.692. The molecule has 0 spiro atoms. The molecule has 2 aromatic carbocycles. The van der Waals surface area contributed by atoms with Crippen LogP contribution in [0.4, 0.5) is 11.8 Å². The molecular weight excluding hydrogens is 324 g/mol. The molecule has 0 atom stereocenters. The van der Waals surface area contributed by atoms with Gasteiger partial charge in [-0.05, 0) is 49.1 Å². The van der Waals surface area contributed by atoms with Crippen molar-refractivity contribution in [2.75, 3.05) is 30.4 Å². The molecule has 5 heteroatoms. The molecule has 3 aromatic rings. The molecule has 1 aromatic heterocycles. The number of para-hydroxylation sites is 1. The highest BCUT2D eigenvalue weighted by Gasteiger charge is 2.16. The van der Waals surface area contributed by atoms with E-state index in [1.165, 1.54) is 19.3 Å². The molecule has 0 saturated carbocycles. The summed E-state index contributed by atoms with van der Waals surface area (Å²) in [6.07, 6.45) is 3.72. The maximum absolute atomic E-state index is 5.32. The second kappa shape index (κ2) is 7.60. The Balaban J connectivity index is 1.63. The van der Waals surface area contributed by atoms with Crippen molar-refractivity contribution in [3.63, 3.8) is 0 Å². The number of methoxy groups -OCH3 is 1. The van der Waals surface area contributed by atoms with Crippen molar-refractivity contribution >= 4 is 22.7 Å². The summed E-state index contributed by atoms with van der Waals surface area (Å²) >= 11 is 0. The van der Waals surface area contributed by atoms with Gasteiger partial charge in [-0.3, -0.25) is 0 Å². The average molecular weight is 348 g/mol. The Kier molecular flexibility index (Phi) is 4.86. The molecule has 0 bridgehead atoms. The number of fused-ring (bicyclic) bond motifs is 1. The van der Waals surface area contributed by atoms with Crippen LogP contribution in [0.15, 0.2) is 48.5 Å². The first-order chi connectivity index (χ1) is 12.8. The fraction of sp³-hybridized carbons (Fsp3) is 0.333. The topological polar surface area (TPSA) is 50.3 Å². The molecule has 4 rings (SSSR count). The summed E-state index contributed by atoms with van der Waals surface area (Å²) in [5.74, 6) is 2.58. The second-order valence-corrected chi connectivity index (χ2v) is 6.64. The molecule has 1 saturated heterocycles. The summed E-state index contributed by atoms with van der Waals surface area (Å²) in [6, 6.07) is 16.3. The third-order valence-corrected chi connectivity index (χ3v) is 4.82. The van der Waals surface area contributed by atoms with E-state index >= 15 is 0 Å². The van der Waals surface area contributed by atoms with E-state index in [0.717, 1.165) is 47.1 Å². The van der Waals surface area contributed by atoms with Gasteiger partial charge in [0.2, 0.25) is 5.95 Å². The zero-order valence-electron chi connectivity index (χ0n) is 15.1. The Bertz CT molecular complexity index is 890. The number of anilines is 2. The molecule has 5 nitrogen and oxygen atoms in total. The van der Waals surface area contributed by atoms with Crippen LogP contribution in [0.3, 0.4) is 0 Å². The molecule has 1 N–H and O–H groups in total. The van der Waals surface area contributed by atoms with Gasteiger partial charge in [-0.15, -0.1) is 0 Å². The maximum atomic E-state index is 5.32. The molecule has 0 unspecified atom stereocenters. The standard InChI is InChI=1S/C21H24N4O/c1-26-17-9-7-8-16(14-17)15-22-20-18-10-3-4-11-19(18)23-21(24-20)25-12-5-2-6-13-25/h3-4,7-11,14H,2,5-6,12-13,15H2,1H3,(H,22,23,24). The van der Waals surface area contributed by atoms with Crippen LogP contribution >= 0.6 is 0 Å². The lowest BCUT2D eigenvalue weighted by atomic mass is 10.1.